The van der Waals surface area contributed by atoms with Gasteiger partial charge in [-0.15, -0.1) is 6.58 Å². The molecule has 0 heterocycles. The summed E-state index contributed by atoms with van der Waals surface area (Å²) >= 11 is 4.08. The van der Waals surface area contributed by atoms with Crippen LogP contribution in [0.25, 0.3) is 0 Å². The monoisotopic (exact) mass is 196 g/mol. The Kier molecular flexibility index (Phi) is 5.29. The quantitative estimate of drug-likeness (QED) is 0.505. The average Bonchev–Trinajstić information content (AvgIpc) is 2.17. The molecule has 1 rings (SSSR count). The zero-order valence-electron chi connectivity index (χ0n) is 8.28. The minimum absolute atomic E-state index is 0.921. The van der Waals surface area contributed by atoms with Crippen LogP contribution in [-0.4, -0.2) is 0 Å². The second-order valence-corrected chi connectivity index (χ2v) is 4.33. The molecule has 13 heavy (non-hydrogen) atoms. The van der Waals surface area contributed by atoms with E-state index >= 15 is 0 Å². The minimum atomic E-state index is 0.921. The van der Waals surface area contributed by atoms with Crippen LogP contribution >= 0.6 is 12.6 Å². The van der Waals surface area contributed by atoms with Crippen LogP contribution in [-0.2, 0) is 0 Å². The number of hydrogen-bond acceptors (Lipinski definition) is 1. The molecule has 1 aliphatic rings. The van der Waals surface area contributed by atoms with E-state index in [2.05, 4.69) is 31.4 Å². The molecule has 0 aromatic rings. The van der Waals surface area contributed by atoms with E-state index in [-0.39, 0.29) is 0 Å². The first-order valence-electron chi connectivity index (χ1n) is 5.27. The molecule has 74 valence electrons. The van der Waals surface area contributed by atoms with E-state index in [1.165, 1.54) is 38.5 Å². The van der Waals surface area contributed by atoms with Crippen molar-refractivity contribution >= 4 is 12.6 Å². The molecule has 0 radical (unpaired) electrons. The predicted molar refractivity (Wildman–Crippen MR) is 63.0 cm³/mol. The Hall–Kier alpha value is -0.170. The molecule has 0 unspecified atom stereocenters. The van der Waals surface area contributed by atoms with E-state index in [0.29, 0.717) is 0 Å². The molecule has 0 aromatic carbocycles. The Morgan fingerprint density at radius 3 is 2.08 bits per heavy atom. The zero-order chi connectivity index (χ0) is 9.52. The van der Waals surface area contributed by atoms with Gasteiger partial charge in [-0.3, -0.25) is 0 Å². The number of rotatable bonds is 4. The van der Waals surface area contributed by atoms with Gasteiger partial charge in [-0.2, -0.15) is 12.6 Å². The minimum Gasteiger partial charge on any atom is -0.152 e. The van der Waals surface area contributed by atoms with Crippen molar-refractivity contribution < 1.29 is 0 Å². The van der Waals surface area contributed by atoms with Crippen molar-refractivity contribution in [1.82, 2.24) is 0 Å². The van der Waals surface area contributed by atoms with E-state index in [4.69, 9.17) is 0 Å². The molecular formula is C12H20S. The van der Waals surface area contributed by atoms with Gasteiger partial charge in [-0.1, -0.05) is 12.2 Å². The Balaban J connectivity index is 2.18. The van der Waals surface area contributed by atoms with Crippen molar-refractivity contribution in [1.29, 1.82) is 0 Å². The summed E-state index contributed by atoms with van der Waals surface area (Å²) in [4.78, 5) is 0. The summed E-state index contributed by atoms with van der Waals surface area (Å²) in [5.41, 5.74) is 0. The average molecular weight is 196 g/mol. The number of allylic oxidation sites excluding steroid dienone is 2. The maximum absolute atomic E-state index is 4.08. The molecule has 0 aliphatic heterocycles. The Morgan fingerprint density at radius 2 is 1.62 bits per heavy atom. The van der Waals surface area contributed by atoms with Crippen molar-refractivity contribution in [3.63, 3.8) is 0 Å². The van der Waals surface area contributed by atoms with Crippen molar-refractivity contribution in [2.45, 2.75) is 38.5 Å². The maximum Gasteiger partial charge on any atom is -0.0314 e. The van der Waals surface area contributed by atoms with Crippen molar-refractivity contribution in [2.24, 2.45) is 11.8 Å². The van der Waals surface area contributed by atoms with Crippen molar-refractivity contribution in [3.05, 3.63) is 24.1 Å². The lowest BCUT2D eigenvalue weighted by Crippen LogP contribution is -2.13. The fourth-order valence-corrected chi connectivity index (χ4v) is 2.31. The van der Waals surface area contributed by atoms with Gasteiger partial charge in [-0.25, -0.2) is 0 Å². The first-order chi connectivity index (χ1) is 6.36. The van der Waals surface area contributed by atoms with Gasteiger partial charge in [0.15, 0.2) is 0 Å². The summed E-state index contributed by atoms with van der Waals surface area (Å²) in [5, 5.41) is 1.87. The Morgan fingerprint density at radius 1 is 1.08 bits per heavy atom. The molecule has 0 aromatic heterocycles. The van der Waals surface area contributed by atoms with E-state index < -0.39 is 0 Å². The fourth-order valence-electron chi connectivity index (χ4n) is 2.19. The molecule has 0 amide bonds. The molecule has 1 heteroatoms. The molecule has 1 fully saturated rings. The molecule has 0 spiro atoms. The third-order valence-electron chi connectivity index (χ3n) is 3.04. The van der Waals surface area contributed by atoms with Crippen LogP contribution in [0.2, 0.25) is 0 Å². The molecule has 1 aliphatic carbocycles. The van der Waals surface area contributed by atoms with Crippen LogP contribution in [0.4, 0.5) is 0 Å². The molecule has 0 atom stereocenters. The number of thiol groups is 1. The summed E-state index contributed by atoms with van der Waals surface area (Å²) < 4.78 is 0. The third-order valence-corrected chi connectivity index (χ3v) is 3.25. The van der Waals surface area contributed by atoms with Crippen LogP contribution in [0.1, 0.15) is 38.5 Å². The summed E-state index contributed by atoms with van der Waals surface area (Å²) in [7, 11) is 0. The fraction of sp³-hybridized carbons (Fsp3) is 0.667. The molecule has 0 bridgehead atoms. The van der Waals surface area contributed by atoms with Crippen LogP contribution in [0.5, 0.6) is 0 Å². The van der Waals surface area contributed by atoms with E-state index in [9.17, 15) is 0 Å². The SMILES string of the molecule is C=CCC1CCC(CC=CS)CC1. The smallest absolute Gasteiger partial charge is 0.0314 e. The second kappa shape index (κ2) is 6.31. The van der Waals surface area contributed by atoms with Crippen LogP contribution in [0.15, 0.2) is 24.1 Å². The van der Waals surface area contributed by atoms with Crippen molar-refractivity contribution in [3.8, 4) is 0 Å². The van der Waals surface area contributed by atoms with Gasteiger partial charge in [-0.05, 0) is 55.8 Å². The highest BCUT2D eigenvalue weighted by atomic mass is 32.1. The predicted octanol–water partition coefficient (Wildman–Crippen LogP) is 4.20. The zero-order valence-corrected chi connectivity index (χ0v) is 9.18. The largest absolute Gasteiger partial charge is 0.152 e. The Bertz CT molecular complexity index is 164. The topological polar surface area (TPSA) is 0 Å². The number of hydrogen-bond donors (Lipinski definition) is 1. The first-order valence-corrected chi connectivity index (χ1v) is 5.78. The first kappa shape index (κ1) is 10.9. The van der Waals surface area contributed by atoms with Gasteiger partial charge >= 0.3 is 0 Å². The van der Waals surface area contributed by atoms with Gasteiger partial charge in [0.2, 0.25) is 0 Å². The van der Waals surface area contributed by atoms with E-state index in [1.807, 2.05) is 5.41 Å². The van der Waals surface area contributed by atoms with Crippen LogP contribution < -0.4 is 0 Å². The van der Waals surface area contributed by atoms with E-state index in [0.717, 1.165) is 11.8 Å². The molecule has 1 saturated carbocycles. The van der Waals surface area contributed by atoms with Gasteiger partial charge in [0.25, 0.3) is 0 Å². The third kappa shape index (κ3) is 4.04. The summed E-state index contributed by atoms with van der Waals surface area (Å²) in [5.74, 6) is 1.85. The second-order valence-electron chi connectivity index (χ2n) is 4.03. The van der Waals surface area contributed by atoms with Crippen molar-refractivity contribution in [2.75, 3.05) is 0 Å². The van der Waals surface area contributed by atoms with Crippen LogP contribution in [0.3, 0.4) is 0 Å². The standard InChI is InChI=1S/C12H20S/c1-2-4-11-6-8-12(9-7-11)5-3-10-13/h2-3,10-13H,1,4-9H2. The highest BCUT2D eigenvalue weighted by Gasteiger charge is 2.18. The van der Waals surface area contributed by atoms with Gasteiger partial charge in [0.05, 0.1) is 0 Å². The molecule has 0 saturated heterocycles. The van der Waals surface area contributed by atoms with Gasteiger partial charge in [0, 0.05) is 0 Å². The van der Waals surface area contributed by atoms with Crippen LogP contribution in [0, 0.1) is 11.8 Å². The lowest BCUT2D eigenvalue weighted by molar-refractivity contribution is 0.278. The maximum atomic E-state index is 4.08. The lowest BCUT2D eigenvalue weighted by Gasteiger charge is -2.26. The summed E-state index contributed by atoms with van der Waals surface area (Å²) in [6, 6.07) is 0. The molecule has 0 N–H and O–H groups in total. The summed E-state index contributed by atoms with van der Waals surface area (Å²) in [6.07, 6.45) is 12.3. The highest BCUT2D eigenvalue weighted by Crippen LogP contribution is 2.32. The van der Waals surface area contributed by atoms with E-state index in [1.54, 1.807) is 0 Å². The highest BCUT2D eigenvalue weighted by molar-refractivity contribution is 7.83. The Labute approximate surface area is 87.5 Å². The lowest BCUT2D eigenvalue weighted by atomic mass is 9.79. The van der Waals surface area contributed by atoms with Gasteiger partial charge in [0.1, 0.15) is 0 Å². The summed E-state index contributed by atoms with van der Waals surface area (Å²) in [6.45, 7) is 3.80. The molecular weight excluding hydrogens is 176 g/mol. The molecule has 0 nitrogen and oxygen atoms in total. The normalized spacial score (nSPS) is 29.3. The van der Waals surface area contributed by atoms with Gasteiger partial charge < -0.3 is 0 Å².